The number of hydrogen-bond acceptors (Lipinski definition) is 4. The summed E-state index contributed by atoms with van der Waals surface area (Å²) in [6.45, 7) is 3.64. The number of nitrogens with one attached hydrogen (secondary N) is 1. The van der Waals surface area contributed by atoms with Crippen LogP contribution in [0.2, 0.25) is 0 Å². The second-order valence-corrected chi connectivity index (χ2v) is 6.12. The maximum absolute atomic E-state index is 12.4. The van der Waals surface area contributed by atoms with E-state index in [9.17, 15) is 4.79 Å². The number of pyridine rings is 1. The summed E-state index contributed by atoms with van der Waals surface area (Å²) in [4.78, 5) is 21.1. The number of hydrogen-bond donors (Lipinski definition) is 1. The van der Waals surface area contributed by atoms with Crippen molar-refractivity contribution in [2.45, 2.75) is 12.5 Å². The van der Waals surface area contributed by atoms with Crippen molar-refractivity contribution in [3.05, 3.63) is 54.4 Å². The van der Waals surface area contributed by atoms with E-state index < -0.39 is 0 Å². The van der Waals surface area contributed by atoms with Gasteiger partial charge >= 0.3 is 0 Å². The van der Waals surface area contributed by atoms with Crippen LogP contribution in [0.5, 0.6) is 0 Å². The smallest absolute Gasteiger partial charge is 0.248 e. The van der Waals surface area contributed by atoms with Crippen LogP contribution >= 0.6 is 0 Å². The number of fused-ring (bicyclic) bond motifs is 3. The molecule has 2 aliphatic heterocycles. The number of para-hydroxylation sites is 2. The average molecular weight is 308 g/mol. The first-order valence-corrected chi connectivity index (χ1v) is 8.09. The van der Waals surface area contributed by atoms with Crippen LogP contribution in [0.3, 0.4) is 0 Å². The Morgan fingerprint density at radius 1 is 1.13 bits per heavy atom. The molecule has 2 aromatic rings. The van der Waals surface area contributed by atoms with Gasteiger partial charge < -0.3 is 10.2 Å². The third kappa shape index (κ3) is 2.80. The molecule has 1 amide bonds. The van der Waals surface area contributed by atoms with E-state index in [-0.39, 0.29) is 11.9 Å². The van der Waals surface area contributed by atoms with E-state index >= 15 is 0 Å². The summed E-state index contributed by atoms with van der Waals surface area (Å²) >= 11 is 0. The minimum atomic E-state index is -0.0870. The van der Waals surface area contributed by atoms with Crippen molar-refractivity contribution < 1.29 is 4.79 Å². The highest BCUT2D eigenvalue weighted by Crippen LogP contribution is 2.33. The molecule has 1 aromatic carbocycles. The van der Waals surface area contributed by atoms with Crippen molar-refractivity contribution in [1.29, 1.82) is 0 Å². The van der Waals surface area contributed by atoms with Gasteiger partial charge in [-0.1, -0.05) is 12.1 Å². The molecule has 118 valence electrons. The summed E-state index contributed by atoms with van der Waals surface area (Å²) in [6, 6.07) is 12.1. The zero-order valence-corrected chi connectivity index (χ0v) is 13.0. The summed E-state index contributed by atoms with van der Waals surface area (Å²) in [7, 11) is 0. The summed E-state index contributed by atoms with van der Waals surface area (Å²) in [5.74, 6) is 0.109. The number of nitrogens with zero attached hydrogens (tertiary/aromatic N) is 3. The van der Waals surface area contributed by atoms with Crippen LogP contribution < -0.4 is 10.2 Å². The maximum Gasteiger partial charge on any atom is 0.248 e. The summed E-state index contributed by atoms with van der Waals surface area (Å²) in [5.41, 5.74) is 3.37. The van der Waals surface area contributed by atoms with Gasteiger partial charge in [-0.25, -0.2) is 0 Å². The van der Waals surface area contributed by atoms with E-state index in [2.05, 4.69) is 38.3 Å². The molecule has 2 aliphatic rings. The predicted octanol–water partition coefficient (Wildman–Crippen LogP) is 1.77. The first kappa shape index (κ1) is 14.2. The minimum Gasteiger partial charge on any atom is -0.355 e. The predicted molar refractivity (Wildman–Crippen MR) is 90.6 cm³/mol. The van der Waals surface area contributed by atoms with Gasteiger partial charge in [0.15, 0.2) is 0 Å². The van der Waals surface area contributed by atoms with Gasteiger partial charge in [0.25, 0.3) is 0 Å². The summed E-state index contributed by atoms with van der Waals surface area (Å²) in [6.07, 6.45) is 4.66. The van der Waals surface area contributed by atoms with Crippen LogP contribution in [0.15, 0.2) is 48.8 Å². The molecular formula is C18H20N4O. The molecule has 0 radical (unpaired) electrons. The second-order valence-electron chi connectivity index (χ2n) is 6.12. The Morgan fingerprint density at radius 3 is 2.83 bits per heavy atom. The monoisotopic (exact) mass is 308 g/mol. The van der Waals surface area contributed by atoms with Gasteiger partial charge in [-0.05, 0) is 36.2 Å². The van der Waals surface area contributed by atoms with E-state index in [1.54, 1.807) is 0 Å². The Morgan fingerprint density at radius 2 is 1.96 bits per heavy atom. The van der Waals surface area contributed by atoms with E-state index in [1.807, 2.05) is 30.6 Å². The lowest BCUT2D eigenvalue weighted by Gasteiger charge is -2.45. The number of carbonyl (C=O) groups excluding carboxylic acids is 1. The molecule has 1 aromatic heterocycles. The Labute approximate surface area is 135 Å². The quantitative estimate of drug-likeness (QED) is 0.939. The van der Waals surface area contributed by atoms with Gasteiger partial charge in [0.1, 0.15) is 6.04 Å². The van der Waals surface area contributed by atoms with Gasteiger partial charge in [-0.3, -0.25) is 14.7 Å². The fourth-order valence-corrected chi connectivity index (χ4v) is 3.44. The molecular weight excluding hydrogens is 288 g/mol. The van der Waals surface area contributed by atoms with Crippen molar-refractivity contribution >= 4 is 17.3 Å². The zero-order chi connectivity index (χ0) is 15.6. The Bertz CT molecular complexity index is 703. The number of benzene rings is 1. The number of carbonyl (C=O) groups is 1. The summed E-state index contributed by atoms with van der Waals surface area (Å²) in [5, 5.41) is 3.04. The van der Waals surface area contributed by atoms with E-state index in [0.717, 1.165) is 44.0 Å². The molecule has 0 spiro atoms. The Hall–Kier alpha value is -2.40. The Balaban J connectivity index is 1.44. The highest BCUT2D eigenvalue weighted by Gasteiger charge is 2.36. The van der Waals surface area contributed by atoms with Crippen LogP contribution in [0.4, 0.5) is 11.4 Å². The molecule has 0 aliphatic carbocycles. The highest BCUT2D eigenvalue weighted by molar-refractivity contribution is 6.03. The van der Waals surface area contributed by atoms with Crippen LogP contribution in [-0.4, -0.2) is 48.0 Å². The number of piperazine rings is 1. The van der Waals surface area contributed by atoms with Gasteiger partial charge in [-0.2, -0.15) is 0 Å². The standard InChI is InChI=1S/C18H20N4O/c23-18-17-13-21(10-7-14-5-8-19-9-6-14)11-12-22(17)16-4-2-1-3-15(16)20-18/h1-6,8-9,17H,7,10-13H2,(H,20,23). The lowest BCUT2D eigenvalue weighted by Crippen LogP contribution is -2.60. The average Bonchev–Trinajstić information content (AvgIpc) is 2.61. The van der Waals surface area contributed by atoms with Crippen molar-refractivity contribution in [3.63, 3.8) is 0 Å². The fourth-order valence-electron chi connectivity index (χ4n) is 3.44. The largest absolute Gasteiger partial charge is 0.355 e. The van der Waals surface area contributed by atoms with Crippen LogP contribution in [0.1, 0.15) is 5.56 Å². The molecule has 0 bridgehead atoms. The molecule has 5 nitrogen and oxygen atoms in total. The zero-order valence-electron chi connectivity index (χ0n) is 13.0. The van der Waals surface area contributed by atoms with Crippen molar-refractivity contribution in [1.82, 2.24) is 9.88 Å². The van der Waals surface area contributed by atoms with Crippen molar-refractivity contribution in [2.75, 3.05) is 36.4 Å². The lowest BCUT2D eigenvalue weighted by atomic mass is 10.0. The molecule has 23 heavy (non-hydrogen) atoms. The van der Waals surface area contributed by atoms with Gasteiger partial charge in [-0.15, -0.1) is 0 Å². The molecule has 0 saturated carbocycles. The molecule has 1 saturated heterocycles. The van der Waals surface area contributed by atoms with Gasteiger partial charge in [0, 0.05) is 38.6 Å². The molecule has 3 heterocycles. The second kappa shape index (κ2) is 6.01. The normalized spacial score (nSPS) is 20.6. The number of amides is 1. The third-order valence-corrected chi connectivity index (χ3v) is 4.70. The van der Waals surface area contributed by atoms with E-state index in [0.29, 0.717) is 0 Å². The molecule has 1 unspecified atom stereocenters. The fraction of sp³-hybridized carbons (Fsp3) is 0.333. The van der Waals surface area contributed by atoms with Crippen molar-refractivity contribution in [3.8, 4) is 0 Å². The van der Waals surface area contributed by atoms with E-state index in [1.165, 1.54) is 5.56 Å². The van der Waals surface area contributed by atoms with E-state index in [4.69, 9.17) is 0 Å². The van der Waals surface area contributed by atoms with Gasteiger partial charge in [0.2, 0.25) is 5.91 Å². The first-order valence-electron chi connectivity index (χ1n) is 8.09. The molecule has 1 atom stereocenters. The van der Waals surface area contributed by atoms with Crippen LogP contribution in [-0.2, 0) is 11.2 Å². The minimum absolute atomic E-state index is 0.0870. The van der Waals surface area contributed by atoms with Gasteiger partial charge in [0.05, 0.1) is 11.4 Å². The molecule has 1 N–H and O–H groups in total. The van der Waals surface area contributed by atoms with Crippen LogP contribution in [0.25, 0.3) is 0 Å². The number of rotatable bonds is 3. The Kier molecular flexibility index (Phi) is 3.71. The number of anilines is 2. The molecule has 5 heteroatoms. The molecule has 4 rings (SSSR count). The third-order valence-electron chi connectivity index (χ3n) is 4.70. The van der Waals surface area contributed by atoms with Crippen molar-refractivity contribution in [2.24, 2.45) is 0 Å². The summed E-state index contributed by atoms with van der Waals surface area (Å²) < 4.78 is 0. The maximum atomic E-state index is 12.4. The van der Waals surface area contributed by atoms with Crippen LogP contribution in [0, 0.1) is 0 Å². The SMILES string of the molecule is O=C1Nc2ccccc2N2CCN(CCc3ccncc3)CC12. The highest BCUT2D eigenvalue weighted by atomic mass is 16.2. The number of aromatic nitrogens is 1. The first-order chi connectivity index (χ1) is 11.3. The molecule has 1 fully saturated rings. The topological polar surface area (TPSA) is 48.5 Å². The lowest BCUT2D eigenvalue weighted by molar-refractivity contribution is -0.118.